The van der Waals surface area contributed by atoms with E-state index in [0.29, 0.717) is 6.42 Å². The van der Waals surface area contributed by atoms with E-state index in [1.807, 2.05) is 44.2 Å². The lowest BCUT2D eigenvalue weighted by atomic mass is 9.78. The second-order valence-electron chi connectivity index (χ2n) is 4.45. The molecule has 0 atom stereocenters. The van der Waals surface area contributed by atoms with E-state index in [-0.39, 0.29) is 13.2 Å². The van der Waals surface area contributed by atoms with Crippen LogP contribution in [-0.2, 0) is 5.41 Å². The highest BCUT2D eigenvalue weighted by atomic mass is 16.3. The zero-order valence-electron chi connectivity index (χ0n) is 9.98. The van der Waals surface area contributed by atoms with Gasteiger partial charge in [-0.15, -0.1) is 0 Å². The summed E-state index contributed by atoms with van der Waals surface area (Å²) in [4.78, 5) is 0. The first-order valence-electron chi connectivity index (χ1n) is 5.55. The molecule has 0 amide bonds. The predicted molar refractivity (Wildman–Crippen MR) is 66.3 cm³/mol. The minimum atomic E-state index is -0.557. The van der Waals surface area contributed by atoms with Crippen LogP contribution < -0.4 is 0 Å². The Labute approximate surface area is 97.2 Å². The molecule has 1 aromatic carbocycles. The molecule has 88 valence electrons. The second-order valence-corrected chi connectivity index (χ2v) is 4.45. The summed E-state index contributed by atoms with van der Waals surface area (Å²) in [6, 6.07) is 9.69. The van der Waals surface area contributed by atoms with Crippen LogP contribution in [0.25, 0.3) is 0 Å². The van der Waals surface area contributed by atoms with E-state index in [1.54, 1.807) is 0 Å². The number of benzene rings is 1. The fourth-order valence-corrected chi connectivity index (χ4v) is 1.67. The number of hydrogen-bond donors (Lipinski definition) is 2. The third-order valence-electron chi connectivity index (χ3n) is 2.89. The summed E-state index contributed by atoms with van der Waals surface area (Å²) in [6.45, 7) is 3.95. The Morgan fingerprint density at radius 2 is 1.69 bits per heavy atom. The first-order valence-corrected chi connectivity index (χ1v) is 5.55. The fourth-order valence-electron chi connectivity index (χ4n) is 1.67. The van der Waals surface area contributed by atoms with Crippen molar-refractivity contribution in [1.82, 2.24) is 0 Å². The number of allylic oxidation sites excluding steroid dienone is 2. The van der Waals surface area contributed by atoms with Crippen molar-refractivity contribution in [2.45, 2.75) is 25.7 Å². The van der Waals surface area contributed by atoms with Crippen LogP contribution in [0.2, 0.25) is 0 Å². The molecule has 0 aliphatic rings. The van der Waals surface area contributed by atoms with Crippen LogP contribution in [0.4, 0.5) is 0 Å². The lowest BCUT2D eigenvalue weighted by molar-refractivity contribution is 0.118. The topological polar surface area (TPSA) is 40.5 Å². The number of rotatable bonds is 5. The minimum absolute atomic E-state index is 0.0444. The predicted octanol–water partition coefficient (Wildman–Crippen LogP) is 2.27. The van der Waals surface area contributed by atoms with Crippen molar-refractivity contribution in [3.63, 3.8) is 0 Å². The van der Waals surface area contributed by atoms with Crippen molar-refractivity contribution in [3.8, 4) is 0 Å². The van der Waals surface area contributed by atoms with Gasteiger partial charge in [-0.1, -0.05) is 42.0 Å². The third-order valence-corrected chi connectivity index (χ3v) is 2.89. The van der Waals surface area contributed by atoms with E-state index in [9.17, 15) is 10.2 Å². The van der Waals surface area contributed by atoms with Crippen LogP contribution in [0.15, 0.2) is 42.0 Å². The van der Waals surface area contributed by atoms with E-state index in [2.05, 4.69) is 6.08 Å². The Balaban J connectivity index is 3.01. The molecule has 0 fully saturated rings. The molecule has 0 aliphatic heterocycles. The quantitative estimate of drug-likeness (QED) is 0.747. The fraction of sp³-hybridized carbons (Fsp3) is 0.429. The van der Waals surface area contributed by atoms with Crippen LogP contribution in [-0.4, -0.2) is 23.4 Å². The van der Waals surface area contributed by atoms with Gasteiger partial charge in [-0.05, 0) is 25.8 Å². The summed E-state index contributed by atoms with van der Waals surface area (Å²) in [5.41, 5.74) is 1.62. The molecule has 2 heteroatoms. The highest BCUT2D eigenvalue weighted by Crippen LogP contribution is 2.28. The zero-order chi connectivity index (χ0) is 12.0. The number of aliphatic hydroxyl groups excluding tert-OH is 2. The van der Waals surface area contributed by atoms with Crippen molar-refractivity contribution >= 4 is 0 Å². The van der Waals surface area contributed by atoms with Gasteiger partial charge in [-0.3, -0.25) is 0 Å². The molecule has 16 heavy (non-hydrogen) atoms. The highest BCUT2D eigenvalue weighted by molar-refractivity contribution is 5.27. The summed E-state index contributed by atoms with van der Waals surface area (Å²) < 4.78 is 0. The molecule has 2 nitrogen and oxygen atoms in total. The molecular formula is C14H20O2. The van der Waals surface area contributed by atoms with E-state index in [4.69, 9.17) is 0 Å². The van der Waals surface area contributed by atoms with E-state index in [1.165, 1.54) is 5.57 Å². The molecule has 0 saturated heterocycles. The maximum atomic E-state index is 9.55. The van der Waals surface area contributed by atoms with Gasteiger partial charge in [0.05, 0.1) is 13.2 Å². The Kier molecular flexibility index (Phi) is 4.71. The van der Waals surface area contributed by atoms with Crippen molar-refractivity contribution in [2.75, 3.05) is 13.2 Å². The van der Waals surface area contributed by atoms with Gasteiger partial charge in [0.25, 0.3) is 0 Å². The maximum Gasteiger partial charge on any atom is 0.0553 e. The van der Waals surface area contributed by atoms with E-state index < -0.39 is 5.41 Å². The van der Waals surface area contributed by atoms with Gasteiger partial charge in [0.2, 0.25) is 0 Å². The second kappa shape index (κ2) is 5.83. The lowest BCUT2D eigenvalue weighted by Gasteiger charge is -2.29. The molecule has 0 aliphatic carbocycles. The first-order chi connectivity index (χ1) is 7.64. The molecule has 0 saturated carbocycles. The summed E-state index contributed by atoms with van der Waals surface area (Å²) >= 11 is 0. The van der Waals surface area contributed by atoms with Crippen LogP contribution in [0.1, 0.15) is 25.8 Å². The Hall–Kier alpha value is -1.12. The maximum absolute atomic E-state index is 9.55. The van der Waals surface area contributed by atoms with Crippen molar-refractivity contribution in [2.24, 2.45) is 0 Å². The highest BCUT2D eigenvalue weighted by Gasteiger charge is 2.29. The zero-order valence-corrected chi connectivity index (χ0v) is 9.98. The SMILES string of the molecule is CC(C)=CCC(CO)(CO)c1ccccc1. The average molecular weight is 220 g/mol. The van der Waals surface area contributed by atoms with Crippen LogP contribution in [0.5, 0.6) is 0 Å². The van der Waals surface area contributed by atoms with Gasteiger partial charge in [0.15, 0.2) is 0 Å². The Morgan fingerprint density at radius 3 is 2.12 bits per heavy atom. The van der Waals surface area contributed by atoms with Gasteiger partial charge in [-0.25, -0.2) is 0 Å². The van der Waals surface area contributed by atoms with Crippen molar-refractivity contribution in [1.29, 1.82) is 0 Å². The standard InChI is InChI=1S/C14H20O2/c1-12(2)8-9-14(10-15,11-16)13-6-4-3-5-7-13/h3-8,15-16H,9-11H2,1-2H3. The monoisotopic (exact) mass is 220 g/mol. The molecular weight excluding hydrogens is 200 g/mol. The van der Waals surface area contributed by atoms with Gasteiger partial charge >= 0.3 is 0 Å². The first kappa shape index (κ1) is 12.9. The van der Waals surface area contributed by atoms with Gasteiger partial charge in [0, 0.05) is 5.41 Å². The molecule has 1 aromatic rings. The third kappa shape index (κ3) is 2.94. The van der Waals surface area contributed by atoms with Crippen LogP contribution >= 0.6 is 0 Å². The number of aliphatic hydroxyl groups is 2. The summed E-state index contributed by atoms with van der Waals surface area (Å²) in [7, 11) is 0. The van der Waals surface area contributed by atoms with Gasteiger partial charge < -0.3 is 10.2 Å². The summed E-state index contributed by atoms with van der Waals surface area (Å²) in [5, 5.41) is 19.1. The van der Waals surface area contributed by atoms with Crippen LogP contribution in [0, 0.1) is 0 Å². The Bertz CT molecular complexity index is 333. The minimum Gasteiger partial charge on any atom is -0.395 e. The molecule has 1 rings (SSSR count). The Morgan fingerprint density at radius 1 is 1.12 bits per heavy atom. The molecule has 2 N–H and O–H groups in total. The smallest absolute Gasteiger partial charge is 0.0553 e. The molecule has 0 radical (unpaired) electrons. The van der Waals surface area contributed by atoms with E-state index in [0.717, 1.165) is 5.56 Å². The van der Waals surface area contributed by atoms with Crippen molar-refractivity contribution < 1.29 is 10.2 Å². The van der Waals surface area contributed by atoms with Crippen molar-refractivity contribution in [3.05, 3.63) is 47.5 Å². The number of hydrogen-bond acceptors (Lipinski definition) is 2. The summed E-state index contributed by atoms with van der Waals surface area (Å²) in [6.07, 6.45) is 2.71. The molecule has 0 spiro atoms. The lowest BCUT2D eigenvalue weighted by Crippen LogP contribution is -2.34. The summed E-state index contributed by atoms with van der Waals surface area (Å²) in [5.74, 6) is 0. The largest absolute Gasteiger partial charge is 0.395 e. The van der Waals surface area contributed by atoms with E-state index >= 15 is 0 Å². The molecule has 0 bridgehead atoms. The van der Waals surface area contributed by atoms with Gasteiger partial charge in [-0.2, -0.15) is 0 Å². The molecule has 0 heterocycles. The normalized spacial score (nSPS) is 11.2. The van der Waals surface area contributed by atoms with Crippen LogP contribution in [0.3, 0.4) is 0 Å². The average Bonchev–Trinajstić information content (AvgIpc) is 2.32. The molecule has 0 aromatic heterocycles. The van der Waals surface area contributed by atoms with Gasteiger partial charge in [0.1, 0.15) is 0 Å². The molecule has 0 unspecified atom stereocenters.